The maximum atomic E-state index is 12.6. The van der Waals surface area contributed by atoms with E-state index in [4.69, 9.17) is 5.11 Å². The minimum absolute atomic E-state index is 0.00623. The molecule has 0 saturated heterocycles. The normalized spacial score (nSPS) is 17.4. The third kappa shape index (κ3) is 3.26. The molecule has 1 fully saturated rings. The molecule has 25 heavy (non-hydrogen) atoms. The van der Waals surface area contributed by atoms with Crippen LogP contribution in [0.1, 0.15) is 46.0 Å². The number of carboxylic acid groups (broad SMARTS) is 1. The van der Waals surface area contributed by atoms with Crippen LogP contribution >= 0.6 is 0 Å². The zero-order valence-corrected chi connectivity index (χ0v) is 14.2. The fraction of sp³-hybridized carbons (Fsp3) is 0.444. The fourth-order valence-electron chi connectivity index (χ4n) is 2.99. The van der Waals surface area contributed by atoms with Crippen LogP contribution in [-0.2, 0) is 9.59 Å². The summed E-state index contributed by atoms with van der Waals surface area (Å²) in [4.78, 5) is 51.1. The van der Waals surface area contributed by atoms with E-state index < -0.39 is 23.7 Å². The molecule has 0 aromatic heterocycles. The Bertz CT molecular complexity index is 769. The second kappa shape index (κ2) is 6.31. The summed E-state index contributed by atoms with van der Waals surface area (Å²) < 4.78 is 0. The van der Waals surface area contributed by atoms with Gasteiger partial charge in [-0.2, -0.15) is 0 Å². The van der Waals surface area contributed by atoms with E-state index in [9.17, 15) is 19.2 Å². The van der Waals surface area contributed by atoms with E-state index >= 15 is 0 Å². The minimum Gasteiger partial charge on any atom is -0.481 e. The second-order valence-electron chi connectivity index (χ2n) is 6.76. The molecule has 1 aromatic rings. The fourth-order valence-corrected chi connectivity index (χ4v) is 2.99. The van der Waals surface area contributed by atoms with Crippen molar-refractivity contribution in [1.29, 1.82) is 0 Å². The molecule has 1 unspecified atom stereocenters. The van der Waals surface area contributed by atoms with Crippen molar-refractivity contribution >= 4 is 23.7 Å². The van der Waals surface area contributed by atoms with Crippen molar-refractivity contribution in [2.75, 3.05) is 13.1 Å². The Labute approximate surface area is 145 Å². The van der Waals surface area contributed by atoms with Gasteiger partial charge >= 0.3 is 5.97 Å². The number of carboxylic acids is 1. The molecule has 3 amide bonds. The zero-order valence-electron chi connectivity index (χ0n) is 14.2. The van der Waals surface area contributed by atoms with Gasteiger partial charge in [0.05, 0.1) is 17.0 Å². The molecule has 132 valence electrons. The van der Waals surface area contributed by atoms with Crippen LogP contribution in [0, 0.1) is 12.8 Å². The number of carbonyl (C=O) groups excluding carboxylic acids is 3. The van der Waals surface area contributed by atoms with Crippen molar-refractivity contribution in [2.45, 2.75) is 32.7 Å². The third-order valence-electron chi connectivity index (χ3n) is 4.62. The van der Waals surface area contributed by atoms with Crippen molar-refractivity contribution in [3.8, 4) is 0 Å². The lowest BCUT2D eigenvalue weighted by Crippen LogP contribution is -2.45. The lowest BCUT2D eigenvalue weighted by molar-refractivity contribution is -0.143. The van der Waals surface area contributed by atoms with E-state index in [1.165, 1.54) is 11.8 Å². The first-order chi connectivity index (χ1) is 11.8. The highest BCUT2D eigenvalue weighted by Gasteiger charge is 2.40. The van der Waals surface area contributed by atoms with E-state index in [0.29, 0.717) is 11.1 Å². The summed E-state index contributed by atoms with van der Waals surface area (Å²) in [6.07, 6.45) is 1.64. The number of rotatable bonds is 6. The van der Waals surface area contributed by atoms with E-state index in [-0.39, 0.29) is 25.0 Å². The molecular weight excluding hydrogens is 324 g/mol. The number of hydrogen-bond acceptors (Lipinski definition) is 4. The first kappa shape index (κ1) is 17.1. The van der Waals surface area contributed by atoms with Crippen LogP contribution in [0.3, 0.4) is 0 Å². The Balaban J connectivity index is 1.75. The Morgan fingerprint density at radius 2 is 1.88 bits per heavy atom. The zero-order chi connectivity index (χ0) is 18.3. The quantitative estimate of drug-likeness (QED) is 0.785. The molecule has 1 N–H and O–H groups in total. The molecule has 0 spiro atoms. The van der Waals surface area contributed by atoms with Crippen molar-refractivity contribution in [1.82, 2.24) is 9.80 Å². The van der Waals surface area contributed by atoms with Crippen LogP contribution in [0.25, 0.3) is 0 Å². The predicted molar refractivity (Wildman–Crippen MR) is 88.1 cm³/mol. The van der Waals surface area contributed by atoms with Gasteiger partial charge in [0.1, 0.15) is 6.54 Å². The number of fused-ring (bicyclic) bond motifs is 1. The number of aryl methyl sites for hydroxylation is 1. The lowest BCUT2D eigenvalue weighted by atomic mass is 10.1. The maximum Gasteiger partial charge on any atom is 0.308 e. The molecule has 0 radical (unpaired) electrons. The largest absolute Gasteiger partial charge is 0.481 e. The Hall–Kier alpha value is -2.70. The van der Waals surface area contributed by atoms with Crippen LogP contribution in [-0.4, -0.2) is 57.7 Å². The van der Waals surface area contributed by atoms with Gasteiger partial charge in [0.2, 0.25) is 5.91 Å². The van der Waals surface area contributed by atoms with Crippen molar-refractivity contribution < 1.29 is 24.3 Å². The third-order valence-corrected chi connectivity index (χ3v) is 4.62. The molecule has 1 aliphatic heterocycles. The summed E-state index contributed by atoms with van der Waals surface area (Å²) in [5, 5.41) is 9.07. The van der Waals surface area contributed by atoms with Crippen LogP contribution < -0.4 is 0 Å². The first-order valence-corrected chi connectivity index (χ1v) is 8.28. The van der Waals surface area contributed by atoms with Gasteiger partial charge in [0, 0.05) is 12.6 Å². The molecule has 1 aliphatic carbocycles. The van der Waals surface area contributed by atoms with Gasteiger partial charge in [-0.3, -0.25) is 24.1 Å². The Morgan fingerprint density at radius 3 is 2.48 bits per heavy atom. The summed E-state index contributed by atoms with van der Waals surface area (Å²) in [6, 6.07) is 5.00. The summed E-state index contributed by atoms with van der Waals surface area (Å²) in [5.74, 6) is -3.01. The molecule has 2 aliphatic rings. The molecule has 1 heterocycles. The van der Waals surface area contributed by atoms with Crippen molar-refractivity contribution in [3.63, 3.8) is 0 Å². The highest BCUT2D eigenvalue weighted by atomic mass is 16.4. The van der Waals surface area contributed by atoms with E-state index in [2.05, 4.69) is 0 Å². The molecule has 3 rings (SSSR count). The number of aliphatic carboxylic acids is 1. The standard InChI is InChI=1S/C18H20N2O5/c1-10-3-6-13-14(7-10)17(23)20(16(13)22)9-15(21)19(12-4-5-12)8-11(2)18(24)25/h3,6-7,11-12H,4-5,8-9H2,1-2H3,(H,24,25). The molecule has 7 nitrogen and oxygen atoms in total. The SMILES string of the molecule is Cc1ccc2c(c1)C(=O)N(CC(=O)N(CC(C)C(=O)O)C1CC1)C2=O. The van der Waals surface area contributed by atoms with E-state index in [1.54, 1.807) is 18.2 Å². The first-order valence-electron chi connectivity index (χ1n) is 8.28. The Morgan fingerprint density at radius 1 is 1.24 bits per heavy atom. The number of imide groups is 1. The van der Waals surface area contributed by atoms with Crippen molar-refractivity contribution in [2.24, 2.45) is 5.92 Å². The van der Waals surface area contributed by atoms with Crippen LogP contribution in [0.2, 0.25) is 0 Å². The molecule has 1 saturated carbocycles. The minimum atomic E-state index is -0.977. The van der Waals surface area contributed by atoms with Gasteiger partial charge in [-0.1, -0.05) is 18.6 Å². The molecule has 0 bridgehead atoms. The van der Waals surface area contributed by atoms with Crippen LogP contribution in [0.15, 0.2) is 18.2 Å². The Kier molecular flexibility index (Phi) is 4.32. The van der Waals surface area contributed by atoms with Gasteiger partial charge in [0.25, 0.3) is 11.8 Å². The number of benzene rings is 1. The van der Waals surface area contributed by atoms with Gasteiger partial charge < -0.3 is 10.0 Å². The van der Waals surface area contributed by atoms with E-state index in [1.807, 2.05) is 6.92 Å². The van der Waals surface area contributed by atoms with Crippen LogP contribution in [0.5, 0.6) is 0 Å². The number of nitrogens with zero attached hydrogens (tertiary/aromatic N) is 2. The summed E-state index contributed by atoms with van der Waals surface area (Å²) in [6.45, 7) is 3.10. The molecule has 1 atom stereocenters. The maximum absolute atomic E-state index is 12.6. The average Bonchev–Trinajstić information content (AvgIpc) is 3.37. The monoisotopic (exact) mass is 344 g/mol. The smallest absolute Gasteiger partial charge is 0.308 e. The second-order valence-corrected chi connectivity index (χ2v) is 6.76. The van der Waals surface area contributed by atoms with E-state index in [0.717, 1.165) is 23.3 Å². The number of carbonyl (C=O) groups is 4. The molecule has 7 heteroatoms. The van der Waals surface area contributed by atoms with Gasteiger partial charge in [-0.15, -0.1) is 0 Å². The average molecular weight is 344 g/mol. The summed E-state index contributed by atoms with van der Waals surface area (Å²) >= 11 is 0. The summed E-state index contributed by atoms with van der Waals surface area (Å²) in [5.41, 5.74) is 1.48. The van der Waals surface area contributed by atoms with Crippen molar-refractivity contribution in [3.05, 3.63) is 34.9 Å². The molecular formula is C18H20N2O5. The topological polar surface area (TPSA) is 95.0 Å². The van der Waals surface area contributed by atoms with Gasteiger partial charge in [0.15, 0.2) is 0 Å². The number of amides is 3. The van der Waals surface area contributed by atoms with Gasteiger partial charge in [-0.25, -0.2) is 0 Å². The van der Waals surface area contributed by atoms with Gasteiger partial charge in [-0.05, 0) is 31.9 Å². The highest BCUT2D eigenvalue weighted by molar-refractivity contribution is 6.22. The predicted octanol–water partition coefficient (Wildman–Crippen LogP) is 1.30. The van der Waals surface area contributed by atoms with Crippen LogP contribution in [0.4, 0.5) is 0 Å². The summed E-state index contributed by atoms with van der Waals surface area (Å²) in [7, 11) is 0. The molecule has 1 aromatic carbocycles. The lowest BCUT2D eigenvalue weighted by Gasteiger charge is -2.26. The number of hydrogen-bond donors (Lipinski definition) is 1. The highest BCUT2D eigenvalue weighted by Crippen LogP contribution is 2.29.